The summed E-state index contributed by atoms with van der Waals surface area (Å²) in [6.45, 7) is 5.83. The Bertz CT molecular complexity index is 1030. The number of ether oxygens (including phenoxy) is 2. The molecule has 1 heterocycles. The molecule has 0 aliphatic heterocycles. The number of rotatable bonds is 9. The van der Waals surface area contributed by atoms with Crippen molar-refractivity contribution in [1.82, 2.24) is 15.1 Å². The predicted octanol–water partition coefficient (Wildman–Crippen LogP) is 4.83. The first-order valence-electron chi connectivity index (χ1n) is 10.4. The molecule has 0 atom stereocenters. The highest BCUT2D eigenvalue weighted by Crippen LogP contribution is 2.33. The molecule has 3 rings (SSSR count). The summed E-state index contributed by atoms with van der Waals surface area (Å²) >= 11 is 0. The van der Waals surface area contributed by atoms with Gasteiger partial charge >= 0.3 is 0 Å². The molecule has 0 fully saturated rings. The SMILES string of the molecule is CCc1nn(-c2ccc(OC)cc2)c(Oc2ccccc2F)c1CCC(=O)NC(C)C. The number of methoxy groups -OCH3 is 1. The first-order valence-corrected chi connectivity index (χ1v) is 10.4. The van der Waals surface area contributed by atoms with Gasteiger partial charge in [0.15, 0.2) is 11.6 Å². The van der Waals surface area contributed by atoms with Crippen molar-refractivity contribution in [2.24, 2.45) is 0 Å². The molecule has 7 heteroatoms. The fourth-order valence-corrected chi connectivity index (χ4v) is 3.28. The van der Waals surface area contributed by atoms with Crippen LogP contribution in [-0.4, -0.2) is 28.8 Å². The average molecular weight is 426 g/mol. The number of benzene rings is 2. The third-order valence-electron chi connectivity index (χ3n) is 4.77. The lowest BCUT2D eigenvalue weighted by Crippen LogP contribution is -2.30. The molecule has 6 nitrogen and oxygen atoms in total. The molecule has 1 amide bonds. The molecule has 0 saturated carbocycles. The molecule has 1 aromatic heterocycles. The fraction of sp³-hybridized carbons (Fsp3) is 0.333. The maximum absolute atomic E-state index is 14.4. The van der Waals surface area contributed by atoms with E-state index in [2.05, 4.69) is 5.32 Å². The molecule has 3 aromatic rings. The summed E-state index contributed by atoms with van der Waals surface area (Å²) in [6, 6.07) is 13.7. The monoisotopic (exact) mass is 425 g/mol. The molecule has 1 N–H and O–H groups in total. The first kappa shape index (κ1) is 22.3. The number of carbonyl (C=O) groups excluding carboxylic acids is 1. The fourth-order valence-electron chi connectivity index (χ4n) is 3.28. The van der Waals surface area contributed by atoms with Gasteiger partial charge in [0, 0.05) is 18.0 Å². The lowest BCUT2D eigenvalue weighted by atomic mass is 10.1. The normalized spacial score (nSPS) is 10.9. The Kier molecular flexibility index (Phi) is 7.28. The number of hydrogen-bond donors (Lipinski definition) is 1. The third kappa shape index (κ3) is 5.42. The molecule has 0 radical (unpaired) electrons. The van der Waals surface area contributed by atoms with Gasteiger partial charge in [-0.3, -0.25) is 4.79 Å². The van der Waals surface area contributed by atoms with Crippen LogP contribution in [0.1, 0.15) is 38.4 Å². The van der Waals surface area contributed by atoms with E-state index in [-0.39, 0.29) is 24.1 Å². The second kappa shape index (κ2) is 10.1. The quantitative estimate of drug-likeness (QED) is 0.533. The van der Waals surface area contributed by atoms with E-state index >= 15 is 0 Å². The number of para-hydroxylation sites is 1. The summed E-state index contributed by atoms with van der Waals surface area (Å²) in [4.78, 5) is 12.2. The van der Waals surface area contributed by atoms with Crippen molar-refractivity contribution < 1.29 is 18.7 Å². The number of aryl methyl sites for hydroxylation is 1. The van der Waals surface area contributed by atoms with Gasteiger partial charge in [-0.15, -0.1) is 0 Å². The van der Waals surface area contributed by atoms with E-state index in [4.69, 9.17) is 14.6 Å². The Morgan fingerprint density at radius 1 is 1.16 bits per heavy atom. The smallest absolute Gasteiger partial charge is 0.226 e. The van der Waals surface area contributed by atoms with Crippen molar-refractivity contribution in [2.75, 3.05) is 7.11 Å². The minimum atomic E-state index is -0.466. The number of amides is 1. The summed E-state index contributed by atoms with van der Waals surface area (Å²) in [5, 5.41) is 7.61. The highest BCUT2D eigenvalue weighted by molar-refractivity contribution is 5.76. The average Bonchev–Trinajstić information content (AvgIpc) is 3.10. The van der Waals surface area contributed by atoms with E-state index in [9.17, 15) is 9.18 Å². The second-order valence-corrected chi connectivity index (χ2v) is 7.45. The van der Waals surface area contributed by atoms with Gasteiger partial charge < -0.3 is 14.8 Å². The van der Waals surface area contributed by atoms with Crippen LogP contribution in [0.3, 0.4) is 0 Å². The molecule has 0 bridgehead atoms. The summed E-state index contributed by atoms with van der Waals surface area (Å²) in [7, 11) is 1.60. The topological polar surface area (TPSA) is 65.4 Å². The lowest BCUT2D eigenvalue weighted by Gasteiger charge is -2.13. The maximum atomic E-state index is 14.4. The summed E-state index contributed by atoms with van der Waals surface area (Å²) in [5.74, 6) is 0.712. The van der Waals surface area contributed by atoms with Gasteiger partial charge in [0.2, 0.25) is 11.8 Å². The molecule has 0 aliphatic rings. The van der Waals surface area contributed by atoms with Gasteiger partial charge in [0.25, 0.3) is 0 Å². The lowest BCUT2D eigenvalue weighted by molar-refractivity contribution is -0.121. The van der Waals surface area contributed by atoms with Gasteiger partial charge in [-0.25, -0.2) is 9.07 Å². The molecule has 0 aliphatic carbocycles. The van der Waals surface area contributed by atoms with Gasteiger partial charge in [-0.05, 0) is 63.1 Å². The van der Waals surface area contributed by atoms with Crippen LogP contribution in [0.15, 0.2) is 48.5 Å². The number of nitrogens with zero attached hydrogens (tertiary/aromatic N) is 2. The summed E-state index contributed by atoms with van der Waals surface area (Å²) in [5.41, 5.74) is 2.35. The van der Waals surface area contributed by atoms with Crippen molar-refractivity contribution in [1.29, 1.82) is 0 Å². The van der Waals surface area contributed by atoms with Crippen LogP contribution >= 0.6 is 0 Å². The standard InChI is InChI=1S/C24H28FN3O3/c1-5-21-19(14-15-23(29)26-16(2)3)24(31-22-9-7-6-8-20(22)25)28(27-21)17-10-12-18(30-4)13-11-17/h6-13,16H,5,14-15H2,1-4H3,(H,26,29). The van der Waals surface area contributed by atoms with E-state index < -0.39 is 5.82 Å². The van der Waals surface area contributed by atoms with E-state index in [1.165, 1.54) is 6.07 Å². The maximum Gasteiger partial charge on any atom is 0.226 e. The number of aromatic nitrogens is 2. The van der Waals surface area contributed by atoms with Crippen molar-refractivity contribution in [3.8, 4) is 23.1 Å². The molecule has 31 heavy (non-hydrogen) atoms. The summed E-state index contributed by atoms with van der Waals surface area (Å²) < 4.78 is 27.3. The summed E-state index contributed by atoms with van der Waals surface area (Å²) in [6.07, 6.45) is 1.37. The van der Waals surface area contributed by atoms with Crippen LogP contribution < -0.4 is 14.8 Å². The van der Waals surface area contributed by atoms with Crippen molar-refractivity contribution >= 4 is 5.91 Å². The van der Waals surface area contributed by atoms with E-state index in [1.807, 2.05) is 45.0 Å². The number of halogens is 1. The highest BCUT2D eigenvalue weighted by Gasteiger charge is 2.22. The molecular weight excluding hydrogens is 397 g/mol. The first-order chi connectivity index (χ1) is 14.9. The molecule has 0 spiro atoms. The van der Waals surface area contributed by atoms with Crippen LogP contribution in [0.5, 0.6) is 17.4 Å². The van der Waals surface area contributed by atoms with Gasteiger partial charge in [0.05, 0.1) is 18.5 Å². The van der Waals surface area contributed by atoms with Crippen molar-refractivity contribution in [3.05, 3.63) is 65.6 Å². The number of carbonyl (C=O) groups is 1. The molecule has 0 unspecified atom stereocenters. The molecule has 164 valence electrons. The molecule has 0 saturated heterocycles. The van der Waals surface area contributed by atoms with Crippen molar-refractivity contribution in [3.63, 3.8) is 0 Å². The minimum absolute atomic E-state index is 0.0499. The van der Waals surface area contributed by atoms with Crippen molar-refractivity contribution in [2.45, 2.75) is 46.1 Å². The Labute approximate surface area is 182 Å². The molecular formula is C24H28FN3O3. The Balaban J connectivity index is 2.03. The third-order valence-corrected chi connectivity index (χ3v) is 4.77. The van der Waals surface area contributed by atoms with Crippen LogP contribution in [0.4, 0.5) is 4.39 Å². The zero-order valence-electron chi connectivity index (χ0n) is 18.3. The van der Waals surface area contributed by atoms with Crippen LogP contribution in [-0.2, 0) is 17.6 Å². The van der Waals surface area contributed by atoms with Gasteiger partial charge in [0.1, 0.15) is 5.75 Å². The zero-order chi connectivity index (χ0) is 22.4. The van der Waals surface area contributed by atoms with E-state index in [0.29, 0.717) is 24.5 Å². The van der Waals surface area contributed by atoms with Crippen LogP contribution in [0, 0.1) is 5.82 Å². The van der Waals surface area contributed by atoms with Gasteiger partial charge in [-0.2, -0.15) is 5.10 Å². The van der Waals surface area contributed by atoms with Crippen LogP contribution in [0.25, 0.3) is 5.69 Å². The molecule has 2 aromatic carbocycles. The van der Waals surface area contributed by atoms with Crippen LogP contribution in [0.2, 0.25) is 0 Å². The number of nitrogens with one attached hydrogen (secondary N) is 1. The number of hydrogen-bond acceptors (Lipinski definition) is 4. The largest absolute Gasteiger partial charge is 0.497 e. The Morgan fingerprint density at radius 3 is 2.48 bits per heavy atom. The van der Waals surface area contributed by atoms with Gasteiger partial charge in [-0.1, -0.05) is 19.1 Å². The Hall–Kier alpha value is -3.35. The van der Waals surface area contributed by atoms with E-state index in [1.54, 1.807) is 30.0 Å². The zero-order valence-corrected chi connectivity index (χ0v) is 18.3. The Morgan fingerprint density at radius 2 is 1.87 bits per heavy atom. The highest BCUT2D eigenvalue weighted by atomic mass is 19.1. The minimum Gasteiger partial charge on any atom is -0.497 e. The second-order valence-electron chi connectivity index (χ2n) is 7.45. The van der Waals surface area contributed by atoms with E-state index in [0.717, 1.165) is 16.9 Å². The predicted molar refractivity (Wildman–Crippen MR) is 118 cm³/mol.